The molecule has 19 heavy (non-hydrogen) atoms. The largest absolute Gasteiger partial charge is 0.337 e. The van der Waals surface area contributed by atoms with Crippen molar-refractivity contribution in [2.24, 2.45) is 0 Å². The minimum absolute atomic E-state index is 0.256. The van der Waals surface area contributed by atoms with Gasteiger partial charge in [0.15, 0.2) is 5.82 Å². The zero-order valence-corrected chi connectivity index (χ0v) is 10.5. The number of hydrogen-bond donors (Lipinski definition) is 0. The van der Waals surface area contributed by atoms with Crippen molar-refractivity contribution in [2.45, 2.75) is 19.9 Å². The lowest BCUT2D eigenvalue weighted by molar-refractivity contribution is 0.0568. The van der Waals surface area contributed by atoms with Crippen LogP contribution in [0.25, 0.3) is 0 Å². The standard InChI is InChI=1S/C13H11N3O3/c1-7(11-14-8(2)15-19-11)16-12(17)9-5-3-4-6-10(9)13(16)18/h3-7H,1-2H3. The molecule has 1 unspecified atom stereocenters. The summed E-state index contributed by atoms with van der Waals surface area (Å²) in [4.78, 5) is 29.7. The van der Waals surface area contributed by atoms with Crippen LogP contribution in [0.2, 0.25) is 0 Å². The molecule has 2 aromatic rings. The number of aromatic nitrogens is 2. The summed E-state index contributed by atoms with van der Waals surface area (Å²) in [7, 11) is 0. The van der Waals surface area contributed by atoms with E-state index >= 15 is 0 Å². The Morgan fingerprint density at radius 2 is 1.74 bits per heavy atom. The number of benzene rings is 1. The first-order chi connectivity index (χ1) is 9.09. The fourth-order valence-corrected chi connectivity index (χ4v) is 2.15. The first-order valence-electron chi connectivity index (χ1n) is 5.86. The van der Waals surface area contributed by atoms with Crippen molar-refractivity contribution >= 4 is 11.8 Å². The molecule has 6 nitrogen and oxygen atoms in total. The lowest BCUT2D eigenvalue weighted by Crippen LogP contribution is -2.32. The predicted octanol–water partition coefficient (Wildman–Crippen LogP) is 1.74. The van der Waals surface area contributed by atoms with Gasteiger partial charge < -0.3 is 4.52 Å². The van der Waals surface area contributed by atoms with E-state index in [1.807, 2.05) is 0 Å². The van der Waals surface area contributed by atoms with Crippen LogP contribution in [0.4, 0.5) is 0 Å². The van der Waals surface area contributed by atoms with E-state index in [1.54, 1.807) is 38.1 Å². The summed E-state index contributed by atoms with van der Waals surface area (Å²) in [5.74, 6) is 0.0679. The second kappa shape index (κ2) is 4.01. The molecule has 1 aliphatic rings. The molecule has 96 valence electrons. The SMILES string of the molecule is Cc1noc(C(C)N2C(=O)c3ccccc3C2=O)n1. The Balaban J connectivity index is 2.00. The third-order valence-electron chi connectivity index (χ3n) is 3.11. The maximum absolute atomic E-state index is 12.2. The Morgan fingerprint density at radius 3 is 2.21 bits per heavy atom. The van der Waals surface area contributed by atoms with Gasteiger partial charge in [0.05, 0.1) is 11.1 Å². The number of amides is 2. The molecule has 0 saturated heterocycles. The Morgan fingerprint density at radius 1 is 1.16 bits per heavy atom. The zero-order valence-electron chi connectivity index (χ0n) is 10.5. The molecule has 0 saturated carbocycles. The lowest BCUT2D eigenvalue weighted by atomic mass is 10.1. The van der Waals surface area contributed by atoms with E-state index < -0.39 is 6.04 Å². The van der Waals surface area contributed by atoms with Gasteiger partial charge in [-0.3, -0.25) is 14.5 Å². The molecule has 1 atom stereocenters. The average Bonchev–Trinajstić information content (AvgIpc) is 2.94. The molecule has 0 bridgehead atoms. The minimum Gasteiger partial charge on any atom is -0.337 e. The maximum Gasteiger partial charge on any atom is 0.262 e. The monoisotopic (exact) mass is 257 g/mol. The fourth-order valence-electron chi connectivity index (χ4n) is 2.15. The van der Waals surface area contributed by atoms with Crippen LogP contribution < -0.4 is 0 Å². The third-order valence-corrected chi connectivity index (χ3v) is 3.11. The van der Waals surface area contributed by atoms with Gasteiger partial charge in [0, 0.05) is 0 Å². The van der Waals surface area contributed by atoms with E-state index in [9.17, 15) is 9.59 Å². The highest BCUT2D eigenvalue weighted by molar-refractivity contribution is 6.21. The van der Waals surface area contributed by atoms with Crippen molar-refractivity contribution in [3.8, 4) is 0 Å². The van der Waals surface area contributed by atoms with Crippen LogP contribution in [0, 0.1) is 6.92 Å². The topological polar surface area (TPSA) is 76.3 Å². The summed E-state index contributed by atoms with van der Waals surface area (Å²) in [5, 5.41) is 3.67. The number of rotatable bonds is 2. The van der Waals surface area contributed by atoms with Crippen LogP contribution in [0.3, 0.4) is 0 Å². The van der Waals surface area contributed by atoms with Crippen LogP contribution in [-0.4, -0.2) is 26.9 Å². The van der Waals surface area contributed by atoms with Gasteiger partial charge in [-0.05, 0) is 26.0 Å². The molecule has 1 aromatic heterocycles. The van der Waals surface area contributed by atoms with Crippen molar-refractivity contribution in [3.05, 3.63) is 47.1 Å². The summed E-state index contributed by atoms with van der Waals surface area (Å²) in [6, 6.07) is 6.17. The first kappa shape index (κ1) is 11.6. The number of nitrogens with zero attached hydrogens (tertiary/aromatic N) is 3. The average molecular weight is 257 g/mol. The highest BCUT2D eigenvalue weighted by Gasteiger charge is 2.40. The Bertz CT molecular complexity index is 642. The quantitative estimate of drug-likeness (QED) is 0.766. The normalized spacial score (nSPS) is 15.8. The number of carbonyl (C=O) groups is 2. The second-order valence-corrected chi connectivity index (χ2v) is 4.38. The molecule has 0 radical (unpaired) electrons. The summed E-state index contributed by atoms with van der Waals surface area (Å²) >= 11 is 0. The van der Waals surface area contributed by atoms with E-state index in [1.165, 1.54) is 0 Å². The van der Waals surface area contributed by atoms with E-state index in [2.05, 4.69) is 10.1 Å². The van der Waals surface area contributed by atoms with E-state index in [0.29, 0.717) is 17.0 Å². The number of aryl methyl sites for hydroxylation is 1. The summed E-state index contributed by atoms with van der Waals surface area (Å²) in [5.41, 5.74) is 0.825. The van der Waals surface area contributed by atoms with Crippen LogP contribution in [-0.2, 0) is 0 Å². The molecular weight excluding hydrogens is 246 g/mol. The summed E-state index contributed by atoms with van der Waals surface area (Å²) in [6.45, 7) is 3.37. The van der Waals surface area contributed by atoms with Gasteiger partial charge in [-0.2, -0.15) is 4.98 Å². The zero-order chi connectivity index (χ0) is 13.6. The summed E-state index contributed by atoms with van der Waals surface area (Å²) in [6.07, 6.45) is 0. The third kappa shape index (κ3) is 1.64. The molecule has 0 fully saturated rings. The predicted molar refractivity (Wildman–Crippen MR) is 64.4 cm³/mol. The van der Waals surface area contributed by atoms with Crippen molar-refractivity contribution < 1.29 is 14.1 Å². The Kier molecular flexibility index (Phi) is 2.45. The number of hydrogen-bond acceptors (Lipinski definition) is 5. The number of carbonyl (C=O) groups excluding carboxylic acids is 2. The molecule has 3 rings (SSSR count). The molecule has 6 heteroatoms. The minimum atomic E-state index is -0.575. The van der Waals surface area contributed by atoms with Crippen LogP contribution >= 0.6 is 0 Å². The molecule has 0 spiro atoms. The number of fused-ring (bicyclic) bond motifs is 1. The van der Waals surface area contributed by atoms with Crippen LogP contribution in [0.5, 0.6) is 0 Å². The maximum atomic E-state index is 12.2. The highest BCUT2D eigenvalue weighted by Crippen LogP contribution is 2.30. The van der Waals surface area contributed by atoms with E-state index in [0.717, 1.165) is 4.90 Å². The van der Waals surface area contributed by atoms with Crippen molar-refractivity contribution in [1.82, 2.24) is 15.0 Å². The Labute approximate surface area is 109 Å². The molecule has 1 aromatic carbocycles. The molecular formula is C13H11N3O3. The van der Waals surface area contributed by atoms with Gasteiger partial charge in [-0.15, -0.1) is 0 Å². The van der Waals surface area contributed by atoms with Gasteiger partial charge >= 0.3 is 0 Å². The van der Waals surface area contributed by atoms with Crippen molar-refractivity contribution in [1.29, 1.82) is 0 Å². The molecule has 0 N–H and O–H groups in total. The van der Waals surface area contributed by atoms with Gasteiger partial charge in [0.2, 0.25) is 5.89 Å². The lowest BCUT2D eigenvalue weighted by Gasteiger charge is -2.18. The second-order valence-electron chi connectivity index (χ2n) is 4.38. The van der Waals surface area contributed by atoms with E-state index in [-0.39, 0.29) is 17.7 Å². The fraction of sp³-hybridized carbons (Fsp3) is 0.231. The van der Waals surface area contributed by atoms with Crippen LogP contribution in [0.1, 0.15) is 45.4 Å². The van der Waals surface area contributed by atoms with Gasteiger partial charge in [-0.25, -0.2) is 0 Å². The summed E-state index contributed by atoms with van der Waals surface area (Å²) < 4.78 is 5.03. The van der Waals surface area contributed by atoms with Gasteiger partial charge in [-0.1, -0.05) is 17.3 Å². The van der Waals surface area contributed by atoms with Gasteiger partial charge in [0.1, 0.15) is 6.04 Å². The molecule has 1 aliphatic heterocycles. The van der Waals surface area contributed by atoms with Crippen molar-refractivity contribution in [3.63, 3.8) is 0 Å². The Hall–Kier alpha value is -2.50. The van der Waals surface area contributed by atoms with E-state index in [4.69, 9.17) is 4.52 Å². The molecule has 0 aliphatic carbocycles. The van der Waals surface area contributed by atoms with Crippen LogP contribution in [0.15, 0.2) is 28.8 Å². The van der Waals surface area contributed by atoms with Gasteiger partial charge in [0.25, 0.3) is 11.8 Å². The van der Waals surface area contributed by atoms with Crippen molar-refractivity contribution in [2.75, 3.05) is 0 Å². The number of imide groups is 1. The smallest absolute Gasteiger partial charge is 0.262 e. The molecule has 2 amide bonds. The first-order valence-corrected chi connectivity index (χ1v) is 5.86. The molecule has 2 heterocycles. The highest BCUT2D eigenvalue weighted by atomic mass is 16.5.